The van der Waals surface area contributed by atoms with Crippen molar-refractivity contribution in [1.82, 2.24) is 0 Å². The largest absolute Gasteiger partial charge is 0.299 e. The maximum absolute atomic E-state index is 12.2. The first-order chi connectivity index (χ1) is 9.38. The molecule has 0 N–H and O–H groups in total. The Labute approximate surface area is 119 Å². The van der Waals surface area contributed by atoms with E-state index < -0.39 is 0 Å². The van der Waals surface area contributed by atoms with E-state index in [2.05, 4.69) is 0 Å². The highest BCUT2D eigenvalue weighted by atomic mass is 16.1. The van der Waals surface area contributed by atoms with E-state index in [0.29, 0.717) is 11.7 Å². The fourth-order valence-corrected chi connectivity index (χ4v) is 4.11. The molecule has 0 aromatic carbocycles. The molecule has 2 aliphatic carbocycles. The van der Waals surface area contributed by atoms with Gasteiger partial charge in [0.2, 0.25) is 0 Å². The minimum Gasteiger partial charge on any atom is -0.299 e. The van der Waals surface area contributed by atoms with Gasteiger partial charge in [-0.1, -0.05) is 64.2 Å². The van der Waals surface area contributed by atoms with E-state index in [0.717, 1.165) is 18.8 Å². The molecule has 0 aromatic rings. The van der Waals surface area contributed by atoms with Gasteiger partial charge in [0, 0.05) is 12.3 Å². The van der Waals surface area contributed by atoms with Crippen molar-refractivity contribution in [2.24, 2.45) is 11.8 Å². The van der Waals surface area contributed by atoms with Crippen LogP contribution in [0.2, 0.25) is 0 Å². The number of hydrogen-bond acceptors (Lipinski definition) is 1. The van der Waals surface area contributed by atoms with Gasteiger partial charge in [0.05, 0.1) is 0 Å². The summed E-state index contributed by atoms with van der Waals surface area (Å²) in [5.41, 5.74) is 0. The average molecular weight is 264 g/mol. The smallest absolute Gasteiger partial charge is 0.136 e. The van der Waals surface area contributed by atoms with E-state index >= 15 is 0 Å². The van der Waals surface area contributed by atoms with E-state index in [1.54, 1.807) is 0 Å². The Morgan fingerprint density at radius 1 is 0.579 bits per heavy atom. The van der Waals surface area contributed by atoms with Crippen LogP contribution in [0.5, 0.6) is 0 Å². The molecule has 19 heavy (non-hydrogen) atoms. The van der Waals surface area contributed by atoms with E-state index in [1.807, 2.05) is 0 Å². The first-order valence-electron chi connectivity index (χ1n) is 8.90. The number of carbonyl (C=O) groups is 1. The highest BCUT2D eigenvalue weighted by Crippen LogP contribution is 2.34. The van der Waals surface area contributed by atoms with Gasteiger partial charge in [0.1, 0.15) is 5.78 Å². The second-order valence-corrected chi connectivity index (χ2v) is 6.84. The fraction of sp³-hybridized carbons (Fsp3) is 0.944. The number of hydrogen-bond donors (Lipinski definition) is 0. The summed E-state index contributed by atoms with van der Waals surface area (Å²) in [4.78, 5) is 12.2. The molecule has 2 aliphatic rings. The highest BCUT2D eigenvalue weighted by Gasteiger charge is 2.29. The molecule has 0 radical (unpaired) electrons. The lowest BCUT2D eigenvalue weighted by Crippen LogP contribution is -2.27. The summed E-state index contributed by atoms with van der Waals surface area (Å²) in [5.74, 6) is 1.77. The second-order valence-electron chi connectivity index (χ2n) is 6.84. The second kappa shape index (κ2) is 8.76. The summed E-state index contributed by atoms with van der Waals surface area (Å²) >= 11 is 0. The lowest BCUT2D eigenvalue weighted by molar-refractivity contribution is -0.126. The van der Waals surface area contributed by atoms with Crippen LogP contribution in [0.4, 0.5) is 0 Å². The van der Waals surface area contributed by atoms with Crippen LogP contribution in [0.3, 0.4) is 0 Å². The van der Waals surface area contributed by atoms with Crippen LogP contribution in [0.25, 0.3) is 0 Å². The van der Waals surface area contributed by atoms with Crippen LogP contribution in [-0.2, 0) is 4.79 Å². The maximum atomic E-state index is 12.2. The van der Waals surface area contributed by atoms with Crippen molar-refractivity contribution in [2.45, 2.75) is 96.3 Å². The Kier molecular flexibility index (Phi) is 6.95. The first kappa shape index (κ1) is 15.1. The van der Waals surface area contributed by atoms with Gasteiger partial charge in [-0.15, -0.1) is 0 Å². The third-order valence-corrected chi connectivity index (χ3v) is 5.32. The molecule has 0 aliphatic heterocycles. The zero-order valence-corrected chi connectivity index (χ0v) is 12.7. The molecule has 0 spiro atoms. The van der Waals surface area contributed by atoms with E-state index in [1.165, 1.54) is 83.5 Å². The molecule has 1 nitrogen and oxygen atoms in total. The van der Waals surface area contributed by atoms with Crippen molar-refractivity contribution in [3.63, 3.8) is 0 Å². The third-order valence-electron chi connectivity index (χ3n) is 5.32. The Morgan fingerprint density at radius 2 is 1.05 bits per heavy atom. The van der Waals surface area contributed by atoms with Gasteiger partial charge in [-0.2, -0.15) is 0 Å². The molecule has 110 valence electrons. The lowest BCUT2D eigenvalue weighted by atomic mass is 9.74. The number of Topliss-reactive ketones (excluding diaryl/α,β-unsaturated/α-hetero) is 1. The van der Waals surface area contributed by atoms with Crippen molar-refractivity contribution in [3.05, 3.63) is 0 Å². The van der Waals surface area contributed by atoms with Gasteiger partial charge in [0.15, 0.2) is 0 Å². The normalized spacial score (nSPS) is 29.5. The zero-order chi connectivity index (χ0) is 13.3. The Bertz CT molecular complexity index is 246. The molecule has 1 atom stereocenters. The average Bonchev–Trinajstić information content (AvgIpc) is 2.40. The molecule has 1 heteroatoms. The molecule has 0 heterocycles. The van der Waals surface area contributed by atoms with Crippen molar-refractivity contribution in [3.8, 4) is 0 Å². The highest BCUT2D eigenvalue weighted by molar-refractivity contribution is 5.81. The number of rotatable bonds is 1. The monoisotopic (exact) mass is 264 g/mol. The fourth-order valence-electron chi connectivity index (χ4n) is 4.11. The Balaban J connectivity index is 1.84. The number of ketones is 1. The minimum absolute atomic E-state index is 0.441. The molecule has 1 unspecified atom stereocenters. The minimum atomic E-state index is 0.441. The third kappa shape index (κ3) is 5.28. The van der Waals surface area contributed by atoms with Gasteiger partial charge in [-0.25, -0.2) is 0 Å². The van der Waals surface area contributed by atoms with Crippen LogP contribution in [-0.4, -0.2) is 5.78 Å². The van der Waals surface area contributed by atoms with E-state index in [4.69, 9.17) is 0 Å². The maximum Gasteiger partial charge on any atom is 0.136 e. The number of carbonyl (C=O) groups excluding carboxylic acids is 1. The molecule has 0 saturated heterocycles. The first-order valence-corrected chi connectivity index (χ1v) is 8.90. The Morgan fingerprint density at radius 3 is 1.58 bits per heavy atom. The van der Waals surface area contributed by atoms with Gasteiger partial charge in [0.25, 0.3) is 0 Å². The topological polar surface area (TPSA) is 17.1 Å². The van der Waals surface area contributed by atoms with Crippen LogP contribution in [0, 0.1) is 11.8 Å². The van der Waals surface area contributed by atoms with Crippen LogP contribution in [0.15, 0.2) is 0 Å². The predicted molar refractivity (Wildman–Crippen MR) is 81.2 cm³/mol. The van der Waals surface area contributed by atoms with E-state index in [9.17, 15) is 4.79 Å². The van der Waals surface area contributed by atoms with Gasteiger partial charge in [-0.3, -0.25) is 4.79 Å². The molecule has 2 saturated carbocycles. The van der Waals surface area contributed by atoms with Crippen molar-refractivity contribution >= 4 is 5.78 Å². The molecular weight excluding hydrogens is 232 g/mol. The summed E-state index contributed by atoms with van der Waals surface area (Å²) in [5, 5.41) is 0. The van der Waals surface area contributed by atoms with Crippen molar-refractivity contribution in [1.29, 1.82) is 0 Å². The standard InChI is InChI=1S/C18H32O/c19-18-15-11-10-14-17(18)16-12-8-6-4-2-1-3-5-7-9-13-16/h16-17H,1-15H2. The van der Waals surface area contributed by atoms with Gasteiger partial charge >= 0.3 is 0 Å². The van der Waals surface area contributed by atoms with Crippen LogP contribution >= 0.6 is 0 Å². The van der Waals surface area contributed by atoms with Crippen molar-refractivity contribution < 1.29 is 4.79 Å². The summed E-state index contributed by atoms with van der Waals surface area (Å²) in [6.45, 7) is 0. The van der Waals surface area contributed by atoms with Crippen LogP contribution < -0.4 is 0 Å². The summed E-state index contributed by atoms with van der Waals surface area (Å²) in [6.07, 6.45) is 19.9. The summed E-state index contributed by atoms with van der Waals surface area (Å²) in [6, 6.07) is 0. The molecule has 2 fully saturated rings. The zero-order valence-electron chi connectivity index (χ0n) is 12.7. The molecule has 0 aromatic heterocycles. The van der Waals surface area contributed by atoms with Gasteiger partial charge < -0.3 is 0 Å². The van der Waals surface area contributed by atoms with E-state index in [-0.39, 0.29) is 0 Å². The molecule has 0 bridgehead atoms. The predicted octanol–water partition coefficient (Wildman–Crippen LogP) is 5.67. The lowest BCUT2D eigenvalue weighted by Gasteiger charge is -2.29. The SMILES string of the molecule is O=C1CCCCC1C1CCCCCCCCCCC1. The summed E-state index contributed by atoms with van der Waals surface area (Å²) < 4.78 is 0. The van der Waals surface area contributed by atoms with Crippen LogP contribution in [0.1, 0.15) is 96.3 Å². The molecular formula is C18H32O. The quantitative estimate of drug-likeness (QED) is 0.596. The summed E-state index contributed by atoms with van der Waals surface area (Å²) in [7, 11) is 0. The van der Waals surface area contributed by atoms with Crippen molar-refractivity contribution in [2.75, 3.05) is 0 Å². The van der Waals surface area contributed by atoms with Gasteiger partial charge in [-0.05, 0) is 31.6 Å². The Hall–Kier alpha value is -0.330. The molecule has 2 rings (SSSR count). The molecule has 0 amide bonds.